The van der Waals surface area contributed by atoms with Gasteiger partial charge >= 0.3 is 0 Å². The lowest BCUT2D eigenvalue weighted by atomic mass is 10.1. The molecule has 0 fully saturated rings. The van der Waals surface area contributed by atoms with Crippen LogP contribution in [0.3, 0.4) is 0 Å². The number of hydrogen-bond donors (Lipinski definition) is 0. The van der Waals surface area contributed by atoms with E-state index in [0.29, 0.717) is 16.2 Å². The normalized spacial score (nSPS) is 10.8. The Labute approximate surface area is 116 Å². The van der Waals surface area contributed by atoms with Gasteiger partial charge in [0.1, 0.15) is 5.75 Å². The number of aryl methyl sites for hydroxylation is 2. The summed E-state index contributed by atoms with van der Waals surface area (Å²) in [5, 5.41) is 0.892. The molecule has 0 spiro atoms. The van der Waals surface area contributed by atoms with E-state index in [0.717, 1.165) is 10.7 Å². The summed E-state index contributed by atoms with van der Waals surface area (Å²) in [7, 11) is 0. The van der Waals surface area contributed by atoms with Crippen LogP contribution in [-0.2, 0) is 0 Å². The van der Waals surface area contributed by atoms with Crippen molar-refractivity contribution in [2.75, 3.05) is 0 Å². The molecule has 2 aromatic heterocycles. The average molecular weight is 276 g/mol. The summed E-state index contributed by atoms with van der Waals surface area (Å²) in [6.07, 6.45) is 3.23. The molecule has 0 aliphatic carbocycles. The van der Waals surface area contributed by atoms with Crippen LogP contribution < -0.4 is 4.74 Å². The van der Waals surface area contributed by atoms with Gasteiger partial charge in [-0.2, -0.15) is 0 Å². The Morgan fingerprint density at radius 1 is 1.32 bits per heavy atom. The first-order valence-electron chi connectivity index (χ1n) is 6.08. The molecule has 2 rings (SSSR count). The van der Waals surface area contributed by atoms with Gasteiger partial charge in [0.15, 0.2) is 0 Å². The fourth-order valence-electron chi connectivity index (χ4n) is 1.75. The van der Waals surface area contributed by atoms with Crippen molar-refractivity contribution >= 4 is 17.1 Å². The van der Waals surface area contributed by atoms with Crippen molar-refractivity contribution in [3.8, 4) is 5.75 Å². The fraction of sp³-hybridized carbons (Fsp3) is 0.357. The second-order valence-corrected chi connectivity index (χ2v) is 5.76. The summed E-state index contributed by atoms with van der Waals surface area (Å²) < 4.78 is 5.55. The molecular formula is C14H16N2O2S. The summed E-state index contributed by atoms with van der Waals surface area (Å²) in [5.41, 5.74) is 1.30. The van der Waals surface area contributed by atoms with Crippen LogP contribution >= 0.6 is 11.3 Å². The van der Waals surface area contributed by atoms with Crippen molar-refractivity contribution in [2.24, 2.45) is 0 Å². The highest BCUT2D eigenvalue weighted by molar-refractivity contribution is 7.14. The first kappa shape index (κ1) is 13.7. The van der Waals surface area contributed by atoms with E-state index < -0.39 is 0 Å². The minimum Gasteiger partial charge on any atom is -0.489 e. The number of hydrogen-bond acceptors (Lipinski definition) is 5. The molecule has 0 bridgehead atoms. The van der Waals surface area contributed by atoms with Crippen LogP contribution in [0.15, 0.2) is 18.5 Å². The van der Waals surface area contributed by atoms with Gasteiger partial charge in [0, 0.05) is 11.8 Å². The smallest absolute Gasteiger partial charge is 0.206 e. The molecule has 0 aliphatic rings. The van der Waals surface area contributed by atoms with Crippen LogP contribution in [0.2, 0.25) is 0 Å². The Kier molecular flexibility index (Phi) is 3.95. The van der Waals surface area contributed by atoms with Gasteiger partial charge in [-0.25, -0.2) is 4.98 Å². The number of rotatable bonds is 4. The number of carbonyl (C=O) groups excluding carboxylic acids is 1. The highest BCUT2D eigenvalue weighted by atomic mass is 32.1. The number of thiazole rings is 1. The van der Waals surface area contributed by atoms with Crippen molar-refractivity contribution in [2.45, 2.75) is 33.8 Å². The maximum absolute atomic E-state index is 12.4. The fourth-order valence-corrected chi connectivity index (χ4v) is 2.63. The van der Waals surface area contributed by atoms with Crippen LogP contribution in [0.25, 0.3) is 0 Å². The highest BCUT2D eigenvalue weighted by Crippen LogP contribution is 2.22. The molecule has 0 saturated heterocycles. The molecule has 19 heavy (non-hydrogen) atoms. The molecule has 4 nitrogen and oxygen atoms in total. The van der Waals surface area contributed by atoms with Crippen molar-refractivity contribution in [1.29, 1.82) is 0 Å². The molecule has 0 N–H and O–H groups in total. The van der Waals surface area contributed by atoms with Crippen LogP contribution in [0.4, 0.5) is 0 Å². The molecule has 0 radical (unpaired) electrons. The Morgan fingerprint density at radius 2 is 2.05 bits per heavy atom. The lowest BCUT2D eigenvalue weighted by Gasteiger charge is -2.09. The van der Waals surface area contributed by atoms with E-state index in [9.17, 15) is 4.79 Å². The Bertz CT molecular complexity index is 605. The number of pyridine rings is 1. The first-order valence-corrected chi connectivity index (χ1v) is 6.89. The third-order valence-corrected chi connectivity index (χ3v) is 3.53. The topological polar surface area (TPSA) is 52.1 Å². The zero-order valence-corrected chi connectivity index (χ0v) is 12.2. The predicted molar refractivity (Wildman–Crippen MR) is 75.0 cm³/mol. The van der Waals surface area contributed by atoms with E-state index in [4.69, 9.17) is 4.74 Å². The minimum atomic E-state index is -0.0511. The van der Waals surface area contributed by atoms with E-state index in [1.807, 2.05) is 27.7 Å². The minimum absolute atomic E-state index is 0.0511. The van der Waals surface area contributed by atoms with Crippen molar-refractivity contribution in [3.05, 3.63) is 39.6 Å². The van der Waals surface area contributed by atoms with Crippen LogP contribution in [0.5, 0.6) is 5.75 Å². The molecule has 0 amide bonds. The number of aromatic nitrogens is 2. The van der Waals surface area contributed by atoms with Gasteiger partial charge in [-0.05, 0) is 33.8 Å². The van der Waals surface area contributed by atoms with Gasteiger partial charge in [-0.3, -0.25) is 9.78 Å². The number of carbonyl (C=O) groups is 1. The molecule has 2 heterocycles. The second kappa shape index (κ2) is 5.48. The van der Waals surface area contributed by atoms with Crippen LogP contribution in [0.1, 0.15) is 39.8 Å². The van der Waals surface area contributed by atoms with Gasteiger partial charge in [0.2, 0.25) is 5.78 Å². The Balaban J connectivity index is 2.31. The van der Waals surface area contributed by atoms with E-state index in [2.05, 4.69) is 9.97 Å². The molecule has 0 aliphatic heterocycles. The van der Waals surface area contributed by atoms with E-state index in [1.165, 1.54) is 11.3 Å². The average Bonchev–Trinajstić information content (AvgIpc) is 2.67. The molecule has 0 aromatic carbocycles. The van der Waals surface area contributed by atoms with Gasteiger partial charge in [0.05, 0.1) is 27.9 Å². The summed E-state index contributed by atoms with van der Waals surface area (Å²) in [6, 6.07) is 1.73. The predicted octanol–water partition coefficient (Wildman–Crippen LogP) is 3.17. The van der Waals surface area contributed by atoms with Gasteiger partial charge in [-0.1, -0.05) is 0 Å². The molecule has 0 unspecified atom stereocenters. The van der Waals surface area contributed by atoms with Crippen LogP contribution in [0, 0.1) is 13.8 Å². The number of ketones is 1. The maximum atomic E-state index is 12.4. The third kappa shape index (κ3) is 3.17. The first-order chi connectivity index (χ1) is 8.97. The molecule has 0 saturated carbocycles. The Hall–Kier alpha value is -1.75. The van der Waals surface area contributed by atoms with Crippen molar-refractivity contribution in [3.63, 3.8) is 0 Å². The molecule has 0 atom stereocenters. The van der Waals surface area contributed by atoms with Gasteiger partial charge < -0.3 is 4.74 Å². The summed E-state index contributed by atoms with van der Waals surface area (Å²) in [6.45, 7) is 7.61. The zero-order chi connectivity index (χ0) is 14.0. The lowest BCUT2D eigenvalue weighted by Crippen LogP contribution is -2.07. The quantitative estimate of drug-likeness (QED) is 0.805. The molecular weight excluding hydrogens is 260 g/mol. The van der Waals surface area contributed by atoms with Gasteiger partial charge in [-0.15, -0.1) is 11.3 Å². The molecule has 100 valence electrons. The highest BCUT2D eigenvalue weighted by Gasteiger charge is 2.17. The standard InChI is InChI=1S/C14H16N2O2S/c1-8(2)18-12-5-11(6-15-7-12)13(17)14-9(3)16-10(4)19-14/h5-8H,1-4H3. The Morgan fingerprint density at radius 3 is 2.63 bits per heavy atom. The second-order valence-electron chi connectivity index (χ2n) is 4.55. The van der Waals surface area contributed by atoms with E-state index in [1.54, 1.807) is 18.5 Å². The number of ether oxygens (including phenoxy) is 1. The third-order valence-electron chi connectivity index (χ3n) is 2.46. The number of nitrogens with zero attached hydrogens (tertiary/aromatic N) is 2. The summed E-state index contributed by atoms with van der Waals surface area (Å²) in [4.78, 5) is 21.4. The van der Waals surface area contributed by atoms with Crippen LogP contribution in [-0.4, -0.2) is 21.9 Å². The van der Waals surface area contributed by atoms with Crippen molar-refractivity contribution in [1.82, 2.24) is 9.97 Å². The summed E-state index contributed by atoms with van der Waals surface area (Å²) in [5.74, 6) is 0.560. The summed E-state index contributed by atoms with van der Waals surface area (Å²) >= 11 is 1.41. The SMILES string of the molecule is Cc1nc(C)c(C(=O)c2cncc(OC(C)C)c2)s1. The lowest BCUT2D eigenvalue weighted by molar-refractivity contribution is 0.104. The molecule has 2 aromatic rings. The van der Waals surface area contributed by atoms with E-state index >= 15 is 0 Å². The monoisotopic (exact) mass is 276 g/mol. The largest absolute Gasteiger partial charge is 0.489 e. The van der Waals surface area contributed by atoms with E-state index in [-0.39, 0.29) is 11.9 Å². The molecule has 5 heteroatoms. The maximum Gasteiger partial charge on any atom is 0.206 e. The van der Waals surface area contributed by atoms with Crippen molar-refractivity contribution < 1.29 is 9.53 Å². The zero-order valence-electron chi connectivity index (χ0n) is 11.4. The van der Waals surface area contributed by atoms with Gasteiger partial charge in [0.25, 0.3) is 0 Å².